The molecule has 744 valence electrons. The predicted molar refractivity (Wildman–Crippen MR) is 541 cm³/mol. The first-order valence-electron chi connectivity index (χ1n) is 49.0. The molecule has 0 radical (unpaired) electrons. The third kappa shape index (κ3) is 23.1. The van der Waals surface area contributed by atoms with Gasteiger partial charge >= 0.3 is 0 Å². The number of nitrogens with zero attached hydrogens (tertiary/aromatic N) is 13. The molecule has 6 bridgehead atoms. The van der Waals surface area contributed by atoms with Crippen molar-refractivity contribution in [1.82, 2.24) is 80.3 Å². The van der Waals surface area contributed by atoms with Crippen LogP contribution >= 0.6 is 45.3 Å². The summed E-state index contributed by atoms with van der Waals surface area (Å²) < 4.78 is 23.5. The van der Waals surface area contributed by atoms with E-state index in [0.717, 1.165) is 175 Å². The molecule has 8 amide bonds. The molecule has 0 spiro atoms. The van der Waals surface area contributed by atoms with E-state index in [1.165, 1.54) is 69.3 Å². The topological polar surface area (TPSA) is 435 Å². The molecule has 18 rings (SSSR count). The van der Waals surface area contributed by atoms with Gasteiger partial charge in [-0.15, -0.1) is 45.3 Å². The fourth-order valence-corrected chi connectivity index (χ4v) is 25.1. The lowest BCUT2D eigenvalue weighted by molar-refractivity contribution is 0.0408. The number of aromatic nitrogens is 8. The van der Waals surface area contributed by atoms with Crippen molar-refractivity contribution < 1.29 is 62.1 Å². The second kappa shape index (κ2) is 42.0. The van der Waals surface area contributed by atoms with E-state index in [-0.39, 0.29) is 142 Å². The van der Waals surface area contributed by atoms with Gasteiger partial charge in [0, 0.05) is 145 Å². The van der Waals surface area contributed by atoms with Gasteiger partial charge in [0.05, 0.1) is 54.1 Å². The summed E-state index contributed by atoms with van der Waals surface area (Å²) in [6.07, 6.45) is 26.7. The lowest BCUT2D eigenvalue weighted by atomic mass is 10.0. The van der Waals surface area contributed by atoms with Crippen molar-refractivity contribution in [3.05, 3.63) is 114 Å². The molecule has 8 aromatic heterocycles. The average Bonchev–Trinajstić information content (AvgIpc) is 1.60. The Kier molecular flexibility index (Phi) is 31.1. The molecule has 6 atom stereocenters. The Morgan fingerprint density at radius 2 is 0.746 bits per heavy atom. The highest BCUT2D eigenvalue weighted by Crippen LogP contribution is 2.47. The monoisotopic (exact) mass is 1980 g/mol. The number of amides is 8. The van der Waals surface area contributed by atoms with Crippen LogP contribution in [0.5, 0.6) is 0 Å². The van der Waals surface area contributed by atoms with Gasteiger partial charge in [0.15, 0.2) is 29.9 Å². The van der Waals surface area contributed by atoms with Crippen molar-refractivity contribution in [2.24, 2.45) is 5.92 Å². The Hall–Kier alpha value is -10.1. The van der Waals surface area contributed by atoms with Crippen molar-refractivity contribution in [1.29, 1.82) is 0 Å². The molecule has 138 heavy (non-hydrogen) atoms. The van der Waals surface area contributed by atoms with Gasteiger partial charge in [0.25, 0.3) is 47.3 Å². The number of nitrogens with one attached hydrogen (secondary N) is 7. The second-order valence-electron chi connectivity index (χ2n) is 41.5. The average molecular weight is 1990 g/mol. The lowest BCUT2D eigenvalue weighted by Gasteiger charge is -2.37. The number of aryl methyl sites for hydroxylation is 4. The summed E-state index contributed by atoms with van der Waals surface area (Å²) in [7, 11) is -3.20. The summed E-state index contributed by atoms with van der Waals surface area (Å²) in [4.78, 5) is 155. The number of sulfone groups is 1. The van der Waals surface area contributed by atoms with E-state index in [9.17, 15) is 62.1 Å². The summed E-state index contributed by atoms with van der Waals surface area (Å²) >= 11 is 4.85. The van der Waals surface area contributed by atoms with Gasteiger partial charge in [0.1, 0.15) is 46.0 Å². The van der Waals surface area contributed by atoms with Crippen molar-refractivity contribution in [2.45, 2.75) is 354 Å². The van der Waals surface area contributed by atoms with E-state index < -0.39 is 50.2 Å². The molecule has 8 saturated heterocycles. The smallest absolute Gasteiger partial charge is 0.282 e. The van der Waals surface area contributed by atoms with Gasteiger partial charge in [0.2, 0.25) is 0 Å². The van der Waals surface area contributed by atoms with E-state index in [2.05, 4.69) is 112 Å². The standard InChI is InChI=1S/C27H35N5O3S.2C25H35N5O3S.C23H31N5O4S2/c1-14-11-22(29-15(2)16-3-4-16)28-13-21(14)24-23(27(35)32-18-6-7-19(32)9-8-18)31-26(36-24)25(34)30-17-5-10-20(33)12-17;2*1-13(2)27-19-11-14(3)18(12-26-19)21-20(24(32)30-16-7-8-17(30)10-9-16)29-23(34-21)22(31)28-15(4)25(5,6)33;1-13(2)25-18-9-14(3)17(10-24-18)20-19(22(29)28-8-6-7-15(28)4)26-21(33-20)23(30)27-11-16(12-27)34(5,31)32/h11,13,15-20,33H,3-10,12H2,1-2H3,(H,28,29)(H,30,34);2*11-13,15-17,33H,7-10H2,1-6H3,(H,26,27)(H,28,31);9-10,13,15-16H,6-8,11-12H2,1-5H3,(H,24,25)/t15-,17+,18?,19?,20+;2*15-,16?,17?;15-/m1100/s1. The molecule has 8 aliphatic heterocycles. The van der Waals surface area contributed by atoms with Gasteiger partial charge in [-0.05, 0) is 299 Å². The number of rotatable bonds is 27. The molecular formula is C100H136N20O13S5. The minimum absolute atomic E-state index is 0.0596. The number of carbonyl (C=O) groups is 8. The van der Waals surface area contributed by atoms with Crippen molar-refractivity contribution in [2.75, 3.05) is 47.2 Å². The highest BCUT2D eigenvalue weighted by atomic mass is 32.2. The second-order valence-corrected chi connectivity index (χ2v) is 47.8. The number of fused-ring (bicyclic) bond motifs is 6. The van der Waals surface area contributed by atoms with Crippen LogP contribution in [0.1, 0.15) is 322 Å². The zero-order chi connectivity index (χ0) is 99.3. The van der Waals surface area contributed by atoms with Crippen molar-refractivity contribution in [3.8, 4) is 41.8 Å². The van der Waals surface area contributed by atoms with Crippen LogP contribution in [-0.2, 0) is 9.84 Å². The number of aliphatic hydroxyl groups is 3. The quantitative estimate of drug-likeness (QED) is 0.0229. The Morgan fingerprint density at radius 3 is 1.04 bits per heavy atom. The maximum absolute atomic E-state index is 13.8. The van der Waals surface area contributed by atoms with Crippen LogP contribution in [0.3, 0.4) is 0 Å². The molecule has 10 N–H and O–H groups in total. The minimum atomic E-state index is -3.20. The molecule has 0 aromatic carbocycles. The summed E-state index contributed by atoms with van der Waals surface area (Å²) in [6, 6.07) is 9.68. The van der Waals surface area contributed by atoms with Crippen LogP contribution in [0.4, 0.5) is 23.3 Å². The predicted octanol–water partition coefficient (Wildman–Crippen LogP) is 14.9. The zero-order valence-electron chi connectivity index (χ0n) is 82.8. The number of anilines is 4. The third-order valence-corrected chi connectivity index (χ3v) is 34.5. The van der Waals surface area contributed by atoms with Gasteiger partial charge in [-0.3, -0.25) is 38.4 Å². The molecule has 10 fully saturated rings. The molecule has 2 aliphatic carbocycles. The van der Waals surface area contributed by atoms with Crippen LogP contribution in [0.2, 0.25) is 0 Å². The Balaban J connectivity index is 0.000000140. The Labute approximate surface area is 825 Å². The Morgan fingerprint density at radius 1 is 0.428 bits per heavy atom. The van der Waals surface area contributed by atoms with Gasteiger partial charge < -0.3 is 77.0 Å². The highest BCUT2D eigenvalue weighted by Gasteiger charge is 2.49. The van der Waals surface area contributed by atoms with Gasteiger partial charge in [-0.1, -0.05) is 0 Å². The van der Waals surface area contributed by atoms with Crippen molar-refractivity contribution >= 4 is 126 Å². The van der Waals surface area contributed by atoms with E-state index >= 15 is 0 Å². The SMILES string of the molecule is Cc1cc(NC(C)C)ncc1-c1sc(C(=O)N2CC(S(C)(=O)=O)C2)nc1C(=O)N1CCC[C@@H]1C.Cc1cc(NC(C)C)ncc1-c1sc(C(=O)N[C@@H](C)C(C)(C)O)nc1C(=O)N1C2CCC1CC2.Cc1cc(NC(C)C)ncc1-c1sc(C(=O)N[C@H](C)C(C)(C)O)nc1C(=O)N1C2CCC1CC2.Cc1cc(N[C@H](C)C2CC2)ncc1-c1sc(C(=O)N[C@H]2CC[C@H](O)C2)nc1C(=O)N1C2CCC1CC2. The van der Waals surface area contributed by atoms with E-state index in [1.807, 2.05) is 98.5 Å². The first kappa shape index (κ1) is 102. The molecule has 33 nitrogen and oxygen atoms in total. The maximum Gasteiger partial charge on any atom is 0.282 e. The number of aliphatic hydroxyl groups excluding tert-OH is 1. The number of pyridine rings is 4. The zero-order valence-corrected chi connectivity index (χ0v) is 86.9. The summed E-state index contributed by atoms with van der Waals surface area (Å²) in [6.45, 7) is 35.4. The molecule has 16 heterocycles. The summed E-state index contributed by atoms with van der Waals surface area (Å²) in [5, 5.41) is 52.7. The molecule has 10 aliphatic rings. The number of hydrogen-bond acceptors (Lipinski definition) is 29. The van der Waals surface area contributed by atoms with Crippen LogP contribution in [-0.4, -0.2) is 268 Å². The summed E-state index contributed by atoms with van der Waals surface area (Å²) in [5.74, 6) is 1.97. The normalized spacial score (nSPS) is 22.1. The molecule has 38 heteroatoms. The minimum Gasteiger partial charge on any atom is -0.393 e. The first-order valence-corrected chi connectivity index (χ1v) is 54.3. The van der Waals surface area contributed by atoms with E-state index in [4.69, 9.17) is 0 Å². The fraction of sp³-hybridized carbons (Fsp3) is 0.600. The van der Waals surface area contributed by atoms with Gasteiger partial charge in [-0.25, -0.2) is 48.3 Å². The van der Waals surface area contributed by atoms with E-state index in [0.29, 0.717) is 62.1 Å². The lowest BCUT2D eigenvalue weighted by Crippen LogP contribution is -2.56. The number of thiazole rings is 4. The van der Waals surface area contributed by atoms with Gasteiger partial charge in [-0.2, -0.15) is 0 Å². The van der Waals surface area contributed by atoms with Crippen molar-refractivity contribution in [3.63, 3.8) is 0 Å². The summed E-state index contributed by atoms with van der Waals surface area (Å²) in [5.41, 5.74) is 6.16. The maximum atomic E-state index is 13.8. The Bertz CT molecular complexity index is 5780. The molecule has 8 aromatic rings. The fourth-order valence-electron chi connectivity index (χ4n) is 20.0. The highest BCUT2D eigenvalue weighted by molar-refractivity contribution is 7.91. The number of likely N-dealkylation sites (tertiary alicyclic amines) is 2. The molecule has 0 unspecified atom stereocenters. The molecule has 2 saturated carbocycles. The first-order chi connectivity index (χ1) is 65.2. The molecular weight excluding hydrogens is 1850 g/mol. The third-order valence-electron chi connectivity index (χ3n) is 28.7. The van der Waals surface area contributed by atoms with Crippen LogP contribution < -0.4 is 37.2 Å². The van der Waals surface area contributed by atoms with Crippen LogP contribution in [0.25, 0.3) is 41.8 Å². The number of hydrogen-bond donors (Lipinski definition) is 10. The van der Waals surface area contributed by atoms with E-state index in [1.54, 1.807) is 60.1 Å². The van der Waals surface area contributed by atoms with Crippen LogP contribution in [0, 0.1) is 33.6 Å². The largest absolute Gasteiger partial charge is 0.393 e. The number of carbonyl (C=O) groups excluding carboxylic acids is 8. The van der Waals surface area contributed by atoms with Crippen LogP contribution in [0.15, 0.2) is 49.1 Å².